The van der Waals surface area contributed by atoms with Gasteiger partial charge in [-0.25, -0.2) is 0 Å². The molecular weight excluding hydrogens is 230 g/mol. The Morgan fingerprint density at radius 2 is 2.24 bits per heavy atom. The molecule has 1 saturated heterocycles. The molecule has 0 radical (unpaired) electrons. The summed E-state index contributed by atoms with van der Waals surface area (Å²) in [6, 6.07) is 7.79. The molecule has 3 nitrogen and oxygen atoms in total. The van der Waals surface area contributed by atoms with E-state index in [2.05, 4.69) is 24.8 Å². The molecular formula is C13H17N3S. The minimum absolute atomic E-state index is 0.279. The summed E-state index contributed by atoms with van der Waals surface area (Å²) in [5.74, 6) is 1.13. The Hall–Kier alpha value is -1.34. The molecule has 0 aromatic heterocycles. The van der Waals surface area contributed by atoms with Crippen molar-refractivity contribution >= 4 is 23.1 Å². The summed E-state index contributed by atoms with van der Waals surface area (Å²) in [5.41, 5.74) is 8.10. The van der Waals surface area contributed by atoms with Crippen molar-refractivity contribution in [3.05, 3.63) is 23.8 Å². The summed E-state index contributed by atoms with van der Waals surface area (Å²) in [6.07, 6.45) is 0. The Kier molecular flexibility index (Phi) is 3.21. The molecule has 1 aromatic carbocycles. The smallest absolute Gasteiger partial charge is 0.101 e. The molecule has 0 spiro atoms. The van der Waals surface area contributed by atoms with Crippen LogP contribution in [0, 0.1) is 11.3 Å². The maximum Gasteiger partial charge on any atom is 0.101 e. The maximum absolute atomic E-state index is 8.86. The van der Waals surface area contributed by atoms with Gasteiger partial charge in [0.2, 0.25) is 0 Å². The van der Waals surface area contributed by atoms with Gasteiger partial charge in [0.1, 0.15) is 6.07 Å². The minimum atomic E-state index is 0.279. The van der Waals surface area contributed by atoms with Crippen molar-refractivity contribution in [3.63, 3.8) is 0 Å². The largest absolute Gasteiger partial charge is 0.398 e. The van der Waals surface area contributed by atoms with Crippen LogP contribution in [0.2, 0.25) is 0 Å². The van der Waals surface area contributed by atoms with Crippen LogP contribution in [0.25, 0.3) is 0 Å². The molecule has 1 aliphatic heterocycles. The van der Waals surface area contributed by atoms with Crippen LogP contribution in [0.15, 0.2) is 18.2 Å². The number of thioether (sulfide) groups is 1. The summed E-state index contributed by atoms with van der Waals surface area (Å²) in [5, 5.41) is 8.86. The van der Waals surface area contributed by atoms with Gasteiger partial charge in [-0.05, 0) is 32.0 Å². The monoisotopic (exact) mass is 247 g/mol. The normalized spacial score (nSPS) is 18.8. The van der Waals surface area contributed by atoms with Crippen LogP contribution >= 0.6 is 11.8 Å². The van der Waals surface area contributed by atoms with Gasteiger partial charge in [-0.1, -0.05) is 0 Å². The van der Waals surface area contributed by atoms with E-state index in [0.29, 0.717) is 11.3 Å². The summed E-state index contributed by atoms with van der Waals surface area (Å²) in [4.78, 5) is 2.34. The molecule has 1 fully saturated rings. The molecule has 2 N–H and O–H groups in total. The Bertz CT molecular complexity index is 462. The van der Waals surface area contributed by atoms with E-state index in [1.165, 1.54) is 0 Å². The fourth-order valence-electron chi connectivity index (χ4n) is 2.09. The molecule has 0 aliphatic carbocycles. The van der Waals surface area contributed by atoms with E-state index in [-0.39, 0.29) is 4.75 Å². The highest BCUT2D eigenvalue weighted by molar-refractivity contribution is 8.00. The molecule has 90 valence electrons. The lowest BCUT2D eigenvalue weighted by atomic mass is 10.1. The van der Waals surface area contributed by atoms with Crippen LogP contribution in [-0.4, -0.2) is 23.6 Å². The van der Waals surface area contributed by atoms with E-state index < -0.39 is 0 Å². The third kappa shape index (κ3) is 2.67. The number of hydrogen-bond donors (Lipinski definition) is 1. The number of nitrogens with two attached hydrogens (primary N) is 1. The van der Waals surface area contributed by atoms with Gasteiger partial charge in [0.05, 0.1) is 11.3 Å². The molecule has 2 rings (SSSR count). The van der Waals surface area contributed by atoms with Gasteiger partial charge in [-0.2, -0.15) is 17.0 Å². The molecule has 0 unspecified atom stereocenters. The topological polar surface area (TPSA) is 53.0 Å². The Morgan fingerprint density at radius 1 is 1.47 bits per heavy atom. The maximum atomic E-state index is 8.86. The van der Waals surface area contributed by atoms with Crippen molar-refractivity contribution < 1.29 is 0 Å². The van der Waals surface area contributed by atoms with E-state index in [1.54, 1.807) is 6.07 Å². The first kappa shape index (κ1) is 12.1. The minimum Gasteiger partial charge on any atom is -0.398 e. The van der Waals surface area contributed by atoms with E-state index in [0.717, 1.165) is 24.5 Å². The van der Waals surface area contributed by atoms with E-state index in [4.69, 9.17) is 11.0 Å². The summed E-state index contributed by atoms with van der Waals surface area (Å²) in [7, 11) is 0. The first-order chi connectivity index (χ1) is 8.02. The average molecular weight is 247 g/mol. The van der Waals surface area contributed by atoms with Crippen molar-refractivity contribution in [1.82, 2.24) is 0 Å². The molecule has 17 heavy (non-hydrogen) atoms. The van der Waals surface area contributed by atoms with Gasteiger partial charge in [0, 0.05) is 29.3 Å². The second-order valence-electron chi connectivity index (χ2n) is 4.91. The van der Waals surface area contributed by atoms with Crippen molar-refractivity contribution in [2.45, 2.75) is 18.6 Å². The molecule has 0 amide bonds. The van der Waals surface area contributed by atoms with Crippen molar-refractivity contribution in [1.29, 1.82) is 5.26 Å². The number of nitrogens with zero attached hydrogens (tertiary/aromatic N) is 2. The van der Waals surface area contributed by atoms with Crippen LogP contribution in [0.5, 0.6) is 0 Å². The third-order valence-electron chi connectivity index (χ3n) is 2.95. The van der Waals surface area contributed by atoms with Crippen LogP contribution in [0.4, 0.5) is 11.4 Å². The zero-order valence-corrected chi connectivity index (χ0v) is 11.0. The van der Waals surface area contributed by atoms with E-state index in [9.17, 15) is 0 Å². The molecule has 0 saturated carbocycles. The standard InChI is InChI=1S/C13H17N3S/c1-13(2)9-16(5-6-17-13)11-4-3-10(8-14)12(15)7-11/h3-4,7H,5-6,9,15H2,1-2H3. The lowest BCUT2D eigenvalue weighted by Gasteiger charge is -2.39. The number of hydrogen-bond acceptors (Lipinski definition) is 4. The number of nitrogen functional groups attached to an aromatic ring is 1. The fraction of sp³-hybridized carbons (Fsp3) is 0.462. The fourth-order valence-corrected chi connectivity index (χ4v) is 3.20. The van der Waals surface area contributed by atoms with E-state index >= 15 is 0 Å². The second-order valence-corrected chi connectivity index (χ2v) is 6.72. The van der Waals surface area contributed by atoms with Crippen molar-refractivity contribution in [2.24, 2.45) is 0 Å². The van der Waals surface area contributed by atoms with Gasteiger partial charge in [-0.3, -0.25) is 0 Å². The number of anilines is 2. The summed E-state index contributed by atoms with van der Waals surface area (Å²) >= 11 is 2.01. The van der Waals surface area contributed by atoms with Crippen molar-refractivity contribution in [3.8, 4) is 6.07 Å². The zero-order chi connectivity index (χ0) is 12.5. The van der Waals surface area contributed by atoms with Crippen LogP contribution in [-0.2, 0) is 0 Å². The lowest BCUT2D eigenvalue weighted by Crippen LogP contribution is -2.43. The SMILES string of the molecule is CC1(C)CN(c2ccc(C#N)c(N)c2)CCS1. The highest BCUT2D eigenvalue weighted by Gasteiger charge is 2.27. The number of benzene rings is 1. The van der Waals surface area contributed by atoms with E-state index in [1.807, 2.05) is 23.9 Å². The summed E-state index contributed by atoms with van der Waals surface area (Å²) < 4.78 is 0.279. The zero-order valence-electron chi connectivity index (χ0n) is 10.2. The van der Waals surface area contributed by atoms with Crippen LogP contribution < -0.4 is 10.6 Å². The van der Waals surface area contributed by atoms with Crippen LogP contribution in [0.3, 0.4) is 0 Å². The molecule has 1 heterocycles. The highest BCUT2D eigenvalue weighted by Crippen LogP contribution is 2.33. The second kappa shape index (κ2) is 4.50. The quantitative estimate of drug-likeness (QED) is 0.775. The average Bonchev–Trinajstić information content (AvgIpc) is 2.27. The third-order valence-corrected chi connectivity index (χ3v) is 4.24. The van der Waals surface area contributed by atoms with Crippen LogP contribution in [0.1, 0.15) is 19.4 Å². The van der Waals surface area contributed by atoms with Gasteiger partial charge in [0.25, 0.3) is 0 Å². The lowest BCUT2D eigenvalue weighted by molar-refractivity contribution is 0.648. The van der Waals surface area contributed by atoms with Crippen molar-refractivity contribution in [2.75, 3.05) is 29.5 Å². The van der Waals surface area contributed by atoms with Gasteiger partial charge in [-0.15, -0.1) is 0 Å². The summed E-state index contributed by atoms with van der Waals surface area (Å²) in [6.45, 7) is 6.58. The highest BCUT2D eigenvalue weighted by atomic mass is 32.2. The van der Waals surface area contributed by atoms with Gasteiger partial charge in [0.15, 0.2) is 0 Å². The van der Waals surface area contributed by atoms with Gasteiger partial charge >= 0.3 is 0 Å². The Morgan fingerprint density at radius 3 is 2.82 bits per heavy atom. The molecule has 0 bridgehead atoms. The number of rotatable bonds is 1. The first-order valence-electron chi connectivity index (χ1n) is 5.70. The predicted octanol–water partition coefficient (Wildman–Crippen LogP) is 2.47. The number of nitriles is 1. The first-order valence-corrected chi connectivity index (χ1v) is 6.69. The Labute approximate surface area is 107 Å². The Balaban J connectivity index is 2.23. The predicted molar refractivity (Wildman–Crippen MR) is 74.3 cm³/mol. The molecule has 1 aliphatic rings. The molecule has 4 heteroatoms. The van der Waals surface area contributed by atoms with Gasteiger partial charge < -0.3 is 10.6 Å². The molecule has 1 aromatic rings. The molecule has 0 atom stereocenters.